The molecular formula is C15H19BN2O4. The van der Waals surface area contributed by atoms with E-state index in [9.17, 15) is 4.79 Å². The van der Waals surface area contributed by atoms with Crippen LogP contribution in [0.2, 0.25) is 0 Å². The normalized spacial score (nSPS) is 19.6. The lowest BCUT2D eigenvalue weighted by atomic mass is 9.78. The van der Waals surface area contributed by atoms with E-state index in [0.29, 0.717) is 10.9 Å². The molecule has 0 unspecified atom stereocenters. The number of fused-ring (bicyclic) bond motifs is 1. The Labute approximate surface area is 129 Å². The number of methoxy groups -OCH3 is 1. The Balaban J connectivity index is 2.07. The number of hydrogen-bond donors (Lipinski definition) is 1. The fraction of sp³-hybridized carbons (Fsp3) is 0.467. The molecule has 2 aromatic rings. The second-order valence-electron chi connectivity index (χ2n) is 6.48. The maximum Gasteiger partial charge on any atom is 0.494 e. The fourth-order valence-corrected chi connectivity index (χ4v) is 2.47. The van der Waals surface area contributed by atoms with E-state index in [2.05, 4.69) is 10.2 Å². The largest absolute Gasteiger partial charge is 0.494 e. The van der Waals surface area contributed by atoms with Crippen molar-refractivity contribution < 1.29 is 18.8 Å². The van der Waals surface area contributed by atoms with E-state index >= 15 is 0 Å². The number of hydrogen-bond acceptors (Lipinski definition) is 5. The highest BCUT2D eigenvalue weighted by Gasteiger charge is 2.51. The van der Waals surface area contributed by atoms with E-state index in [0.717, 1.165) is 11.0 Å². The lowest BCUT2D eigenvalue weighted by molar-refractivity contribution is 0.00578. The third-order valence-corrected chi connectivity index (χ3v) is 4.51. The summed E-state index contributed by atoms with van der Waals surface area (Å²) >= 11 is 0. The predicted molar refractivity (Wildman–Crippen MR) is 83.1 cm³/mol. The predicted octanol–water partition coefficient (Wildman–Crippen LogP) is 1.65. The molecule has 1 aromatic heterocycles. The van der Waals surface area contributed by atoms with Crippen molar-refractivity contribution in [3.63, 3.8) is 0 Å². The second kappa shape index (κ2) is 4.82. The second-order valence-corrected chi connectivity index (χ2v) is 6.48. The van der Waals surface area contributed by atoms with Crippen LogP contribution in [0.4, 0.5) is 0 Å². The molecule has 0 amide bonds. The summed E-state index contributed by atoms with van der Waals surface area (Å²) in [5, 5.41) is 7.58. The first kappa shape index (κ1) is 15.1. The Morgan fingerprint density at radius 2 is 1.86 bits per heavy atom. The number of benzene rings is 1. The molecule has 116 valence electrons. The number of nitrogens with zero attached hydrogens (tertiary/aromatic N) is 1. The van der Waals surface area contributed by atoms with E-state index in [1.165, 1.54) is 7.11 Å². The fourth-order valence-electron chi connectivity index (χ4n) is 2.47. The van der Waals surface area contributed by atoms with Crippen LogP contribution >= 0.6 is 0 Å². The molecule has 0 radical (unpaired) electrons. The van der Waals surface area contributed by atoms with Gasteiger partial charge in [-0.1, -0.05) is 0 Å². The highest BCUT2D eigenvalue weighted by molar-refractivity contribution is 6.62. The van der Waals surface area contributed by atoms with E-state index < -0.39 is 24.3 Å². The van der Waals surface area contributed by atoms with Crippen molar-refractivity contribution in [3.8, 4) is 0 Å². The molecule has 2 heterocycles. The molecule has 0 aliphatic carbocycles. The standard InChI is InChI=1S/C15H19BN2O4/c1-14(2)15(3,4)22-16(21-14)9-6-10(13(19)20-5)11-8-17-18-12(11)7-9/h6-8H,1-5H3,(H,17,18). The quantitative estimate of drug-likeness (QED) is 0.674. The minimum Gasteiger partial charge on any atom is -0.465 e. The molecule has 1 aromatic carbocycles. The van der Waals surface area contributed by atoms with Crippen molar-refractivity contribution >= 4 is 29.5 Å². The lowest BCUT2D eigenvalue weighted by Crippen LogP contribution is -2.41. The van der Waals surface area contributed by atoms with Crippen LogP contribution in [0.5, 0.6) is 0 Å². The van der Waals surface area contributed by atoms with Gasteiger partial charge in [0.15, 0.2) is 0 Å². The van der Waals surface area contributed by atoms with Crippen molar-refractivity contribution in [2.75, 3.05) is 7.11 Å². The zero-order valence-electron chi connectivity index (χ0n) is 13.4. The number of aromatic amines is 1. The summed E-state index contributed by atoms with van der Waals surface area (Å²) < 4.78 is 16.9. The highest BCUT2D eigenvalue weighted by atomic mass is 16.7. The molecule has 1 aliphatic rings. The van der Waals surface area contributed by atoms with E-state index in [1.54, 1.807) is 12.3 Å². The molecule has 22 heavy (non-hydrogen) atoms. The van der Waals surface area contributed by atoms with Gasteiger partial charge in [0, 0.05) is 5.39 Å². The topological polar surface area (TPSA) is 73.4 Å². The lowest BCUT2D eigenvalue weighted by Gasteiger charge is -2.32. The van der Waals surface area contributed by atoms with Gasteiger partial charge in [0.1, 0.15) is 0 Å². The summed E-state index contributed by atoms with van der Waals surface area (Å²) in [5.74, 6) is -0.412. The van der Waals surface area contributed by atoms with Gasteiger partial charge in [-0.3, -0.25) is 5.10 Å². The molecule has 6 nitrogen and oxygen atoms in total. The van der Waals surface area contributed by atoms with Crippen LogP contribution in [0.1, 0.15) is 38.1 Å². The number of carbonyl (C=O) groups is 1. The van der Waals surface area contributed by atoms with Gasteiger partial charge in [0.2, 0.25) is 0 Å². The van der Waals surface area contributed by atoms with E-state index in [-0.39, 0.29) is 0 Å². The smallest absolute Gasteiger partial charge is 0.465 e. The average Bonchev–Trinajstić information content (AvgIpc) is 2.99. The zero-order valence-corrected chi connectivity index (χ0v) is 13.4. The summed E-state index contributed by atoms with van der Waals surface area (Å²) in [6, 6.07) is 3.63. The molecule has 1 fully saturated rings. The molecule has 1 aliphatic heterocycles. The molecule has 0 saturated carbocycles. The zero-order chi connectivity index (χ0) is 16.1. The first-order chi connectivity index (χ1) is 10.2. The van der Waals surface area contributed by atoms with Gasteiger partial charge in [0.25, 0.3) is 0 Å². The van der Waals surface area contributed by atoms with Gasteiger partial charge in [-0.25, -0.2) is 4.79 Å². The molecule has 0 spiro atoms. The maximum absolute atomic E-state index is 12.0. The summed E-state index contributed by atoms with van der Waals surface area (Å²) in [6.07, 6.45) is 1.61. The molecular weight excluding hydrogens is 283 g/mol. The number of H-pyrrole nitrogens is 1. The van der Waals surface area contributed by atoms with Gasteiger partial charge in [-0.15, -0.1) is 0 Å². The van der Waals surface area contributed by atoms with Crippen molar-refractivity contribution in [1.82, 2.24) is 10.2 Å². The first-order valence-corrected chi connectivity index (χ1v) is 7.16. The molecule has 0 bridgehead atoms. The SMILES string of the molecule is COC(=O)c1cc(B2OC(C)(C)C(C)(C)O2)cc2[nH]ncc12. The van der Waals surface area contributed by atoms with Crippen LogP contribution in [0.15, 0.2) is 18.3 Å². The van der Waals surface area contributed by atoms with Crippen molar-refractivity contribution in [1.29, 1.82) is 0 Å². The first-order valence-electron chi connectivity index (χ1n) is 7.16. The number of carbonyl (C=O) groups excluding carboxylic acids is 1. The molecule has 1 N–H and O–H groups in total. The Morgan fingerprint density at radius 3 is 2.45 bits per heavy atom. The number of esters is 1. The van der Waals surface area contributed by atoms with Crippen LogP contribution in [-0.4, -0.2) is 41.6 Å². The third kappa shape index (κ3) is 2.21. The number of rotatable bonds is 2. The molecule has 0 atom stereocenters. The maximum atomic E-state index is 12.0. The van der Waals surface area contributed by atoms with Gasteiger partial charge in [0.05, 0.1) is 35.6 Å². The summed E-state index contributed by atoms with van der Waals surface area (Å²) in [6.45, 7) is 7.96. The monoisotopic (exact) mass is 302 g/mol. The van der Waals surface area contributed by atoms with Crippen LogP contribution in [0.25, 0.3) is 10.9 Å². The summed E-state index contributed by atoms with van der Waals surface area (Å²) in [7, 11) is 0.816. The Bertz CT molecular complexity index is 722. The number of nitrogens with one attached hydrogen (secondary N) is 1. The number of aromatic nitrogens is 2. The Hall–Kier alpha value is -1.86. The summed E-state index contributed by atoms with van der Waals surface area (Å²) in [4.78, 5) is 12.0. The molecule has 1 saturated heterocycles. The van der Waals surface area contributed by atoms with Crippen molar-refractivity contribution in [3.05, 3.63) is 23.9 Å². The molecule has 3 rings (SSSR count). The van der Waals surface area contributed by atoms with Crippen LogP contribution in [-0.2, 0) is 14.0 Å². The van der Waals surface area contributed by atoms with Crippen LogP contribution < -0.4 is 5.46 Å². The Kier molecular flexibility index (Phi) is 3.30. The minimum absolute atomic E-state index is 0.412. The average molecular weight is 302 g/mol. The minimum atomic E-state index is -0.541. The molecule has 7 heteroatoms. The van der Waals surface area contributed by atoms with Crippen molar-refractivity contribution in [2.24, 2.45) is 0 Å². The number of ether oxygens (including phenoxy) is 1. The third-order valence-electron chi connectivity index (χ3n) is 4.51. The van der Waals surface area contributed by atoms with Crippen LogP contribution in [0, 0.1) is 0 Å². The van der Waals surface area contributed by atoms with Crippen LogP contribution in [0.3, 0.4) is 0 Å². The highest BCUT2D eigenvalue weighted by Crippen LogP contribution is 2.36. The van der Waals surface area contributed by atoms with E-state index in [1.807, 2.05) is 33.8 Å². The van der Waals surface area contributed by atoms with Gasteiger partial charge in [-0.2, -0.15) is 5.10 Å². The Morgan fingerprint density at radius 1 is 1.23 bits per heavy atom. The van der Waals surface area contributed by atoms with Gasteiger partial charge < -0.3 is 14.0 Å². The van der Waals surface area contributed by atoms with Gasteiger partial charge >= 0.3 is 13.1 Å². The van der Waals surface area contributed by atoms with Crippen molar-refractivity contribution in [2.45, 2.75) is 38.9 Å². The van der Waals surface area contributed by atoms with Gasteiger partial charge in [-0.05, 0) is 45.3 Å². The summed E-state index contributed by atoms with van der Waals surface area (Å²) in [5.41, 5.74) is 1.07. The van der Waals surface area contributed by atoms with E-state index in [4.69, 9.17) is 14.0 Å².